The molecule has 0 bridgehead atoms. The predicted octanol–water partition coefficient (Wildman–Crippen LogP) is 4.22. The minimum Gasteiger partial charge on any atom is -0.492 e. The predicted molar refractivity (Wildman–Crippen MR) is 76.2 cm³/mol. The van der Waals surface area contributed by atoms with Crippen LogP contribution >= 0.6 is 15.9 Å². The van der Waals surface area contributed by atoms with Gasteiger partial charge in [0.25, 0.3) is 0 Å². The molecular formula is C14H14BrNO2. The molecule has 0 aromatic heterocycles. The number of nitrogen functional groups attached to an aromatic ring is 1. The Bertz CT molecular complexity index is 543. The molecule has 4 heteroatoms. The average molecular weight is 308 g/mol. The van der Waals surface area contributed by atoms with Crippen LogP contribution in [0.4, 0.5) is 5.69 Å². The van der Waals surface area contributed by atoms with Gasteiger partial charge in [0.15, 0.2) is 5.75 Å². The van der Waals surface area contributed by atoms with Crippen LogP contribution in [0.5, 0.6) is 17.2 Å². The Morgan fingerprint density at radius 2 is 1.83 bits per heavy atom. The van der Waals surface area contributed by atoms with E-state index in [4.69, 9.17) is 15.2 Å². The van der Waals surface area contributed by atoms with Crippen molar-refractivity contribution in [3.05, 3.63) is 46.9 Å². The summed E-state index contributed by atoms with van der Waals surface area (Å²) < 4.78 is 12.1. The van der Waals surface area contributed by atoms with Crippen LogP contribution in [0.1, 0.15) is 6.92 Å². The molecular weight excluding hydrogens is 294 g/mol. The first kappa shape index (κ1) is 12.8. The maximum absolute atomic E-state index is 5.99. The van der Waals surface area contributed by atoms with Crippen molar-refractivity contribution in [2.24, 2.45) is 0 Å². The van der Waals surface area contributed by atoms with Crippen LogP contribution in [0.15, 0.2) is 46.9 Å². The molecule has 0 saturated heterocycles. The molecule has 0 unspecified atom stereocenters. The van der Waals surface area contributed by atoms with Gasteiger partial charge in [0, 0.05) is 4.47 Å². The van der Waals surface area contributed by atoms with Gasteiger partial charge in [-0.05, 0) is 37.3 Å². The summed E-state index contributed by atoms with van der Waals surface area (Å²) in [5.41, 5.74) is 6.51. The summed E-state index contributed by atoms with van der Waals surface area (Å²) in [6.07, 6.45) is 0. The van der Waals surface area contributed by atoms with Crippen molar-refractivity contribution in [3.63, 3.8) is 0 Å². The van der Waals surface area contributed by atoms with E-state index >= 15 is 0 Å². The maximum Gasteiger partial charge on any atom is 0.154 e. The van der Waals surface area contributed by atoms with E-state index < -0.39 is 0 Å². The quantitative estimate of drug-likeness (QED) is 0.860. The second kappa shape index (κ2) is 5.78. The second-order valence-electron chi connectivity index (χ2n) is 3.66. The zero-order valence-electron chi connectivity index (χ0n) is 10.0. The third-order valence-electron chi connectivity index (χ3n) is 2.35. The minimum atomic E-state index is 0.513. The van der Waals surface area contributed by atoms with E-state index in [1.54, 1.807) is 0 Å². The van der Waals surface area contributed by atoms with E-state index in [0.717, 1.165) is 10.2 Å². The monoisotopic (exact) mass is 307 g/mol. The van der Waals surface area contributed by atoms with E-state index in [1.807, 2.05) is 49.4 Å². The molecule has 0 aliphatic carbocycles. The lowest BCUT2D eigenvalue weighted by atomic mass is 10.2. The Morgan fingerprint density at radius 3 is 2.56 bits per heavy atom. The zero-order chi connectivity index (χ0) is 13.0. The van der Waals surface area contributed by atoms with Gasteiger partial charge in [-0.3, -0.25) is 0 Å². The fourth-order valence-corrected chi connectivity index (χ4v) is 1.93. The fourth-order valence-electron chi connectivity index (χ4n) is 1.55. The topological polar surface area (TPSA) is 44.5 Å². The average Bonchev–Trinajstić information content (AvgIpc) is 2.35. The summed E-state index contributed by atoms with van der Waals surface area (Å²) in [5, 5.41) is 0. The Balaban J connectivity index is 2.26. The molecule has 0 atom stereocenters. The Kier molecular flexibility index (Phi) is 4.10. The van der Waals surface area contributed by atoms with E-state index in [0.29, 0.717) is 23.8 Å². The SMILES string of the molecule is CCOc1cccc(Oc2cccc(Br)c2)c1N. The molecule has 18 heavy (non-hydrogen) atoms. The first-order chi connectivity index (χ1) is 8.70. The first-order valence-electron chi connectivity index (χ1n) is 5.65. The number of hydrogen-bond acceptors (Lipinski definition) is 3. The molecule has 94 valence electrons. The Morgan fingerprint density at radius 1 is 1.11 bits per heavy atom. The number of rotatable bonds is 4. The number of hydrogen-bond donors (Lipinski definition) is 1. The Labute approximate surface area is 115 Å². The highest BCUT2D eigenvalue weighted by atomic mass is 79.9. The second-order valence-corrected chi connectivity index (χ2v) is 4.58. The number of nitrogens with two attached hydrogens (primary N) is 1. The lowest BCUT2D eigenvalue weighted by molar-refractivity contribution is 0.340. The number of halogens is 1. The highest BCUT2D eigenvalue weighted by molar-refractivity contribution is 9.10. The lowest BCUT2D eigenvalue weighted by Crippen LogP contribution is -1.98. The molecule has 0 heterocycles. The molecule has 0 aliphatic heterocycles. The summed E-state index contributed by atoms with van der Waals surface area (Å²) in [7, 11) is 0. The van der Waals surface area contributed by atoms with Gasteiger partial charge in [-0.2, -0.15) is 0 Å². The molecule has 2 rings (SSSR count). The molecule has 0 aliphatic rings. The smallest absolute Gasteiger partial charge is 0.154 e. The van der Waals surface area contributed by atoms with Crippen molar-refractivity contribution in [1.29, 1.82) is 0 Å². The standard InChI is InChI=1S/C14H14BrNO2/c1-2-17-12-7-4-8-13(14(12)16)18-11-6-3-5-10(15)9-11/h3-9H,2,16H2,1H3. The van der Waals surface area contributed by atoms with Gasteiger partial charge < -0.3 is 15.2 Å². The van der Waals surface area contributed by atoms with Crippen molar-refractivity contribution >= 4 is 21.6 Å². The fraction of sp³-hybridized carbons (Fsp3) is 0.143. The van der Waals surface area contributed by atoms with Gasteiger partial charge >= 0.3 is 0 Å². The zero-order valence-corrected chi connectivity index (χ0v) is 11.6. The Hall–Kier alpha value is -1.68. The van der Waals surface area contributed by atoms with Crippen molar-refractivity contribution in [2.75, 3.05) is 12.3 Å². The maximum atomic E-state index is 5.99. The molecule has 2 N–H and O–H groups in total. The molecule has 0 radical (unpaired) electrons. The molecule has 0 saturated carbocycles. The van der Waals surface area contributed by atoms with E-state index in [2.05, 4.69) is 15.9 Å². The van der Waals surface area contributed by atoms with Crippen LogP contribution in [0.3, 0.4) is 0 Å². The summed E-state index contributed by atoms with van der Waals surface area (Å²) in [6.45, 7) is 2.49. The summed E-state index contributed by atoms with van der Waals surface area (Å²) in [5.74, 6) is 1.97. The van der Waals surface area contributed by atoms with Gasteiger partial charge in [0.05, 0.1) is 6.61 Å². The summed E-state index contributed by atoms with van der Waals surface area (Å²) in [4.78, 5) is 0. The van der Waals surface area contributed by atoms with Crippen LogP contribution in [-0.2, 0) is 0 Å². The molecule has 2 aromatic carbocycles. The van der Waals surface area contributed by atoms with Gasteiger partial charge in [-0.25, -0.2) is 0 Å². The van der Waals surface area contributed by atoms with Gasteiger partial charge in [0.1, 0.15) is 17.2 Å². The molecule has 0 spiro atoms. The largest absolute Gasteiger partial charge is 0.492 e. The molecule has 0 fully saturated rings. The molecule has 3 nitrogen and oxygen atoms in total. The lowest BCUT2D eigenvalue weighted by Gasteiger charge is -2.12. The van der Waals surface area contributed by atoms with Crippen molar-refractivity contribution in [2.45, 2.75) is 6.92 Å². The third-order valence-corrected chi connectivity index (χ3v) is 2.84. The normalized spacial score (nSPS) is 10.1. The number of benzene rings is 2. The van der Waals surface area contributed by atoms with Crippen LogP contribution < -0.4 is 15.2 Å². The van der Waals surface area contributed by atoms with Gasteiger partial charge in [0.2, 0.25) is 0 Å². The van der Waals surface area contributed by atoms with Crippen LogP contribution in [0.2, 0.25) is 0 Å². The number of para-hydroxylation sites is 1. The molecule has 2 aromatic rings. The minimum absolute atomic E-state index is 0.513. The summed E-state index contributed by atoms with van der Waals surface area (Å²) >= 11 is 3.40. The highest BCUT2D eigenvalue weighted by Crippen LogP contribution is 2.34. The molecule has 0 amide bonds. The van der Waals surface area contributed by atoms with E-state index in [9.17, 15) is 0 Å². The summed E-state index contributed by atoms with van der Waals surface area (Å²) in [6, 6.07) is 13.1. The van der Waals surface area contributed by atoms with Crippen molar-refractivity contribution < 1.29 is 9.47 Å². The van der Waals surface area contributed by atoms with Gasteiger partial charge in [-0.15, -0.1) is 0 Å². The number of anilines is 1. The van der Waals surface area contributed by atoms with Crippen LogP contribution in [0.25, 0.3) is 0 Å². The number of ether oxygens (including phenoxy) is 2. The van der Waals surface area contributed by atoms with Crippen molar-refractivity contribution in [1.82, 2.24) is 0 Å². The highest BCUT2D eigenvalue weighted by Gasteiger charge is 2.07. The van der Waals surface area contributed by atoms with Gasteiger partial charge in [-0.1, -0.05) is 28.1 Å². The van der Waals surface area contributed by atoms with Crippen LogP contribution in [0, 0.1) is 0 Å². The van der Waals surface area contributed by atoms with E-state index in [1.165, 1.54) is 0 Å². The third kappa shape index (κ3) is 2.96. The van der Waals surface area contributed by atoms with Crippen LogP contribution in [-0.4, -0.2) is 6.61 Å². The van der Waals surface area contributed by atoms with E-state index in [-0.39, 0.29) is 0 Å². The van der Waals surface area contributed by atoms with Crippen molar-refractivity contribution in [3.8, 4) is 17.2 Å². The first-order valence-corrected chi connectivity index (χ1v) is 6.44.